The molecular weight excluding hydrogens is 208 g/mol. The molecule has 16 heavy (non-hydrogen) atoms. The van der Waals surface area contributed by atoms with Gasteiger partial charge in [-0.3, -0.25) is 9.59 Å². The van der Waals surface area contributed by atoms with Crippen LogP contribution in [-0.2, 0) is 19.1 Å². The number of ether oxygens (including phenoxy) is 1. The van der Waals surface area contributed by atoms with Gasteiger partial charge in [-0.2, -0.15) is 0 Å². The minimum absolute atomic E-state index is 0.207. The fourth-order valence-corrected chi connectivity index (χ4v) is 2.65. The average molecular weight is 226 g/mol. The van der Waals surface area contributed by atoms with Crippen molar-refractivity contribution in [3.05, 3.63) is 0 Å². The van der Waals surface area contributed by atoms with Gasteiger partial charge in [0.25, 0.3) is 0 Å². The number of methoxy groups -OCH3 is 1. The topological polar surface area (TPSA) is 60.4 Å². The second-order valence-electron chi connectivity index (χ2n) is 5.15. The number of hydrogen-bond acceptors (Lipinski definition) is 4. The molecule has 0 bridgehead atoms. The van der Waals surface area contributed by atoms with Gasteiger partial charge in [0.2, 0.25) is 0 Å². The highest BCUT2D eigenvalue weighted by atomic mass is 16.5. The standard InChI is InChI=1S/C12H18O4/c1-7(2)9(14)12(10(15)16-5)8(6-13)11(12,3)4/h6-8H,1-5H3/t8-,12+/m0/s1. The Hall–Kier alpha value is -1.19. The van der Waals surface area contributed by atoms with Crippen LogP contribution < -0.4 is 0 Å². The van der Waals surface area contributed by atoms with Crippen molar-refractivity contribution in [2.45, 2.75) is 27.7 Å². The maximum Gasteiger partial charge on any atom is 0.320 e. The van der Waals surface area contributed by atoms with Crippen LogP contribution in [0.2, 0.25) is 0 Å². The Morgan fingerprint density at radius 2 is 1.81 bits per heavy atom. The molecule has 1 fully saturated rings. The lowest BCUT2D eigenvalue weighted by Crippen LogP contribution is -2.35. The third-order valence-corrected chi connectivity index (χ3v) is 3.73. The number of carbonyl (C=O) groups is 3. The molecule has 1 aliphatic carbocycles. The molecule has 0 unspecified atom stereocenters. The molecule has 0 aliphatic heterocycles. The first kappa shape index (κ1) is 12.9. The maximum absolute atomic E-state index is 12.2. The van der Waals surface area contributed by atoms with Crippen molar-refractivity contribution in [3.8, 4) is 0 Å². The lowest BCUT2D eigenvalue weighted by molar-refractivity contribution is -0.155. The lowest BCUT2D eigenvalue weighted by atomic mass is 9.85. The van der Waals surface area contributed by atoms with Gasteiger partial charge in [-0.15, -0.1) is 0 Å². The van der Waals surface area contributed by atoms with Crippen LogP contribution in [0.5, 0.6) is 0 Å². The van der Waals surface area contributed by atoms with Crippen molar-refractivity contribution in [1.29, 1.82) is 0 Å². The number of carbonyl (C=O) groups excluding carboxylic acids is 3. The molecule has 90 valence electrons. The highest BCUT2D eigenvalue weighted by Crippen LogP contribution is 2.69. The molecular formula is C12H18O4. The molecule has 0 aromatic rings. The Balaban J connectivity index is 3.23. The molecule has 1 aliphatic rings. The van der Waals surface area contributed by atoms with E-state index in [0.717, 1.165) is 0 Å². The minimum atomic E-state index is -1.27. The van der Waals surface area contributed by atoms with Gasteiger partial charge in [0.05, 0.1) is 7.11 Å². The van der Waals surface area contributed by atoms with Crippen LogP contribution in [0.1, 0.15) is 27.7 Å². The first-order valence-electron chi connectivity index (χ1n) is 5.36. The predicted molar refractivity (Wildman–Crippen MR) is 57.6 cm³/mol. The largest absolute Gasteiger partial charge is 0.468 e. The molecule has 0 amide bonds. The number of esters is 1. The van der Waals surface area contributed by atoms with Gasteiger partial charge >= 0.3 is 5.97 Å². The average Bonchev–Trinajstić information content (AvgIpc) is 2.73. The number of hydrogen-bond donors (Lipinski definition) is 0. The van der Waals surface area contributed by atoms with Gasteiger partial charge in [0.15, 0.2) is 5.78 Å². The zero-order valence-electron chi connectivity index (χ0n) is 10.4. The van der Waals surface area contributed by atoms with Crippen molar-refractivity contribution in [3.63, 3.8) is 0 Å². The molecule has 0 heterocycles. The Kier molecular flexibility index (Phi) is 2.96. The fraction of sp³-hybridized carbons (Fsp3) is 0.750. The quantitative estimate of drug-likeness (QED) is 0.411. The lowest BCUT2D eigenvalue weighted by Gasteiger charge is -2.18. The zero-order chi connectivity index (χ0) is 12.7. The van der Waals surface area contributed by atoms with Crippen LogP contribution in [0, 0.1) is 22.7 Å². The molecule has 4 heteroatoms. The van der Waals surface area contributed by atoms with E-state index in [1.165, 1.54) is 7.11 Å². The van der Waals surface area contributed by atoms with Gasteiger partial charge in [-0.25, -0.2) is 0 Å². The highest BCUT2D eigenvalue weighted by molar-refractivity contribution is 6.12. The van der Waals surface area contributed by atoms with E-state index in [1.807, 2.05) is 0 Å². The van der Waals surface area contributed by atoms with Crippen LogP contribution in [0.3, 0.4) is 0 Å². The molecule has 0 aromatic carbocycles. The molecule has 0 aromatic heterocycles. The summed E-state index contributed by atoms with van der Waals surface area (Å²) in [5.41, 5.74) is -1.90. The smallest absolute Gasteiger partial charge is 0.320 e. The number of aldehydes is 1. The van der Waals surface area contributed by atoms with E-state index >= 15 is 0 Å². The summed E-state index contributed by atoms with van der Waals surface area (Å²) in [7, 11) is 1.24. The van der Waals surface area contributed by atoms with Crippen molar-refractivity contribution in [2.24, 2.45) is 22.7 Å². The molecule has 0 saturated heterocycles. The molecule has 4 nitrogen and oxygen atoms in total. The van der Waals surface area contributed by atoms with Crippen molar-refractivity contribution in [1.82, 2.24) is 0 Å². The van der Waals surface area contributed by atoms with Gasteiger partial charge in [-0.1, -0.05) is 27.7 Å². The summed E-state index contributed by atoms with van der Waals surface area (Å²) < 4.78 is 4.70. The Labute approximate surface area is 95.3 Å². The van der Waals surface area contributed by atoms with Gasteiger partial charge in [0.1, 0.15) is 11.7 Å². The van der Waals surface area contributed by atoms with E-state index in [1.54, 1.807) is 27.7 Å². The molecule has 2 atom stereocenters. The zero-order valence-corrected chi connectivity index (χ0v) is 10.4. The number of Topliss-reactive ketones (excluding diaryl/α,β-unsaturated/α-hetero) is 1. The maximum atomic E-state index is 12.2. The summed E-state index contributed by atoms with van der Waals surface area (Å²) in [6, 6.07) is 0. The van der Waals surface area contributed by atoms with E-state index in [-0.39, 0.29) is 11.7 Å². The summed E-state index contributed by atoms with van der Waals surface area (Å²) in [6.45, 7) is 6.96. The van der Waals surface area contributed by atoms with E-state index in [0.29, 0.717) is 6.29 Å². The van der Waals surface area contributed by atoms with Crippen LogP contribution >= 0.6 is 0 Å². The molecule has 1 rings (SSSR count). The first-order chi connectivity index (χ1) is 7.28. The molecule has 0 N–H and O–H groups in total. The monoisotopic (exact) mass is 226 g/mol. The summed E-state index contributed by atoms with van der Waals surface area (Å²) in [4.78, 5) is 35.0. The number of ketones is 1. The fourth-order valence-electron chi connectivity index (χ4n) is 2.65. The number of rotatable bonds is 4. The van der Waals surface area contributed by atoms with E-state index in [4.69, 9.17) is 4.74 Å². The summed E-state index contributed by atoms with van der Waals surface area (Å²) in [6.07, 6.45) is 0.692. The van der Waals surface area contributed by atoms with Crippen molar-refractivity contribution >= 4 is 18.0 Å². The van der Waals surface area contributed by atoms with Gasteiger partial charge < -0.3 is 9.53 Å². The summed E-state index contributed by atoms with van der Waals surface area (Å²) in [5, 5.41) is 0. The van der Waals surface area contributed by atoms with Crippen LogP contribution in [0.15, 0.2) is 0 Å². The third-order valence-electron chi connectivity index (χ3n) is 3.73. The summed E-state index contributed by atoms with van der Waals surface area (Å²) in [5.74, 6) is -1.65. The SMILES string of the molecule is COC(=O)[C@]1(C(=O)C(C)C)[C@@H](C=O)C1(C)C. The Bertz CT molecular complexity index is 343. The normalized spacial score (nSPS) is 31.0. The summed E-state index contributed by atoms with van der Waals surface area (Å²) >= 11 is 0. The molecule has 0 spiro atoms. The van der Waals surface area contributed by atoms with Crippen LogP contribution in [0.4, 0.5) is 0 Å². The first-order valence-corrected chi connectivity index (χ1v) is 5.36. The highest BCUT2D eigenvalue weighted by Gasteiger charge is 2.80. The van der Waals surface area contributed by atoms with Crippen molar-refractivity contribution < 1.29 is 19.1 Å². The van der Waals surface area contributed by atoms with Gasteiger partial charge in [0, 0.05) is 11.8 Å². The molecule has 1 saturated carbocycles. The van der Waals surface area contributed by atoms with Crippen LogP contribution in [-0.4, -0.2) is 25.1 Å². The van der Waals surface area contributed by atoms with E-state index in [2.05, 4.69) is 0 Å². The Morgan fingerprint density at radius 1 is 1.31 bits per heavy atom. The Morgan fingerprint density at radius 3 is 2.06 bits per heavy atom. The minimum Gasteiger partial charge on any atom is -0.468 e. The third kappa shape index (κ3) is 1.25. The van der Waals surface area contributed by atoms with Crippen molar-refractivity contribution in [2.75, 3.05) is 7.11 Å². The van der Waals surface area contributed by atoms with E-state index in [9.17, 15) is 14.4 Å². The van der Waals surface area contributed by atoms with Gasteiger partial charge in [-0.05, 0) is 5.41 Å². The predicted octanol–water partition coefficient (Wildman–Crippen LogP) is 1.23. The second kappa shape index (κ2) is 3.68. The van der Waals surface area contributed by atoms with Crippen LogP contribution in [0.25, 0.3) is 0 Å². The van der Waals surface area contributed by atoms with E-state index < -0.39 is 22.7 Å². The second-order valence-corrected chi connectivity index (χ2v) is 5.15. The molecule has 0 radical (unpaired) electrons.